The Labute approximate surface area is 111 Å². The average Bonchev–Trinajstić information content (AvgIpc) is 2.37. The van der Waals surface area contributed by atoms with Crippen LogP contribution in [0, 0.1) is 0 Å². The van der Waals surface area contributed by atoms with Gasteiger partial charge in [-0.05, 0) is 32.5 Å². The van der Waals surface area contributed by atoms with Gasteiger partial charge in [0.25, 0.3) is 0 Å². The fourth-order valence-electron chi connectivity index (χ4n) is 2.12. The molecule has 18 heavy (non-hydrogen) atoms. The van der Waals surface area contributed by atoms with Crippen molar-refractivity contribution in [3.05, 3.63) is 48.5 Å². The van der Waals surface area contributed by atoms with Crippen LogP contribution >= 0.6 is 0 Å². The van der Waals surface area contributed by atoms with Gasteiger partial charge in [-0.2, -0.15) is 0 Å². The van der Waals surface area contributed by atoms with Crippen molar-refractivity contribution in [2.45, 2.75) is 19.9 Å². The maximum atomic E-state index is 5.13. The maximum Gasteiger partial charge on any atom is 0.0589 e. The molecule has 1 unspecified atom stereocenters. The van der Waals surface area contributed by atoms with Gasteiger partial charge in [-0.15, -0.1) is 0 Å². The molecule has 1 atom stereocenters. The van der Waals surface area contributed by atoms with E-state index in [2.05, 4.69) is 49.9 Å². The van der Waals surface area contributed by atoms with Crippen LogP contribution in [0.3, 0.4) is 0 Å². The molecule has 0 aromatic carbocycles. The van der Waals surface area contributed by atoms with Gasteiger partial charge in [0.15, 0.2) is 0 Å². The molecule has 1 heterocycles. The van der Waals surface area contributed by atoms with Crippen LogP contribution in [0.15, 0.2) is 48.5 Å². The van der Waals surface area contributed by atoms with Crippen LogP contribution in [0.1, 0.15) is 13.8 Å². The van der Waals surface area contributed by atoms with E-state index in [1.807, 2.05) is 12.3 Å². The zero-order valence-electron chi connectivity index (χ0n) is 11.9. The highest BCUT2D eigenvalue weighted by Crippen LogP contribution is 2.27. The van der Waals surface area contributed by atoms with E-state index in [9.17, 15) is 0 Å². The van der Waals surface area contributed by atoms with Crippen LogP contribution in [0.2, 0.25) is 0 Å². The highest BCUT2D eigenvalue weighted by molar-refractivity contribution is 5.40. The minimum atomic E-state index is 0.292. The molecule has 0 bridgehead atoms. The molecule has 0 N–H and O–H groups in total. The Morgan fingerprint density at radius 3 is 2.72 bits per heavy atom. The molecule has 0 spiro atoms. The number of nitrogens with zero attached hydrogens (tertiary/aromatic N) is 2. The number of hydrogen-bond donors (Lipinski definition) is 0. The summed E-state index contributed by atoms with van der Waals surface area (Å²) in [6.45, 7) is 13.9. The molecule has 1 aliphatic rings. The number of rotatable bonds is 6. The van der Waals surface area contributed by atoms with Crippen LogP contribution in [0.4, 0.5) is 0 Å². The van der Waals surface area contributed by atoms with Crippen molar-refractivity contribution < 1.29 is 4.74 Å². The van der Waals surface area contributed by atoms with Crippen LogP contribution in [0.25, 0.3) is 0 Å². The number of ether oxygens (including phenoxy) is 1. The number of hydrogen-bond acceptors (Lipinski definition) is 3. The summed E-state index contributed by atoms with van der Waals surface area (Å²) >= 11 is 0. The maximum absolute atomic E-state index is 5.13. The molecule has 1 rings (SSSR count). The predicted molar refractivity (Wildman–Crippen MR) is 77.0 cm³/mol. The van der Waals surface area contributed by atoms with Gasteiger partial charge in [0.1, 0.15) is 0 Å². The largest absolute Gasteiger partial charge is 0.383 e. The molecule has 0 radical (unpaired) electrons. The normalized spacial score (nSPS) is 17.6. The van der Waals surface area contributed by atoms with Crippen molar-refractivity contribution in [3.8, 4) is 0 Å². The average molecular weight is 248 g/mol. The Bertz CT molecular complexity index is 382. The lowest BCUT2D eigenvalue weighted by atomic mass is 10.0. The molecule has 0 saturated heterocycles. The number of allylic oxidation sites excluding steroid dienone is 3. The van der Waals surface area contributed by atoms with E-state index in [4.69, 9.17) is 4.74 Å². The van der Waals surface area contributed by atoms with Gasteiger partial charge in [0, 0.05) is 37.3 Å². The molecule has 3 nitrogen and oxygen atoms in total. The van der Waals surface area contributed by atoms with Crippen LogP contribution in [-0.2, 0) is 4.74 Å². The van der Waals surface area contributed by atoms with Crippen molar-refractivity contribution in [2.75, 3.05) is 27.3 Å². The molecule has 0 fully saturated rings. The molecule has 0 aliphatic carbocycles. The van der Waals surface area contributed by atoms with Crippen LogP contribution in [0.5, 0.6) is 0 Å². The van der Waals surface area contributed by atoms with E-state index in [-0.39, 0.29) is 0 Å². The molecule has 0 aromatic rings. The summed E-state index contributed by atoms with van der Waals surface area (Å²) in [5, 5.41) is 0. The SMILES string of the molecule is C=CN1C(=C)C=CC(C)=C1C(C)N(C)CCOC. The Kier molecular flexibility index (Phi) is 5.38. The molecule has 0 amide bonds. The zero-order valence-corrected chi connectivity index (χ0v) is 11.9. The minimum absolute atomic E-state index is 0.292. The molecule has 3 heteroatoms. The van der Waals surface area contributed by atoms with Gasteiger partial charge < -0.3 is 9.64 Å². The molecule has 1 aliphatic heterocycles. The molecular weight excluding hydrogens is 224 g/mol. The fourth-order valence-corrected chi connectivity index (χ4v) is 2.12. The minimum Gasteiger partial charge on any atom is -0.383 e. The number of likely N-dealkylation sites (N-methyl/N-ethyl adjacent to an activating group) is 1. The third kappa shape index (κ3) is 3.12. The first-order chi connectivity index (χ1) is 8.52. The van der Waals surface area contributed by atoms with Crippen LogP contribution in [-0.4, -0.2) is 43.2 Å². The van der Waals surface area contributed by atoms with Gasteiger partial charge in [-0.25, -0.2) is 0 Å². The summed E-state index contributed by atoms with van der Waals surface area (Å²) in [6, 6.07) is 0.292. The topological polar surface area (TPSA) is 15.7 Å². The van der Waals surface area contributed by atoms with Crippen molar-refractivity contribution in [1.82, 2.24) is 9.80 Å². The second kappa shape index (κ2) is 6.57. The second-order valence-electron chi connectivity index (χ2n) is 4.59. The zero-order chi connectivity index (χ0) is 13.7. The van der Waals surface area contributed by atoms with Crippen molar-refractivity contribution in [1.29, 1.82) is 0 Å². The summed E-state index contributed by atoms with van der Waals surface area (Å²) < 4.78 is 5.13. The Balaban J connectivity index is 2.92. The van der Waals surface area contributed by atoms with Gasteiger partial charge >= 0.3 is 0 Å². The molecule has 0 saturated carbocycles. The standard InChI is InChI=1S/C15H24N2O/c1-7-17-13(3)9-8-12(2)15(17)14(4)16(5)10-11-18-6/h7-9,14H,1,3,10-11H2,2,4-6H3. The third-order valence-electron chi connectivity index (χ3n) is 3.39. The lowest BCUT2D eigenvalue weighted by Crippen LogP contribution is -2.39. The Morgan fingerprint density at radius 1 is 1.50 bits per heavy atom. The second-order valence-corrected chi connectivity index (χ2v) is 4.59. The van der Waals surface area contributed by atoms with Gasteiger partial charge in [0.2, 0.25) is 0 Å². The third-order valence-corrected chi connectivity index (χ3v) is 3.39. The highest BCUT2D eigenvalue weighted by Gasteiger charge is 2.23. The fraction of sp³-hybridized carbons (Fsp3) is 0.467. The van der Waals surface area contributed by atoms with E-state index in [0.29, 0.717) is 6.04 Å². The first-order valence-corrected chi connectivity index (χ1v) is 6.21. The first kappa shape index (κ1) is 14.7. The summed E-state index contributed by atoms with van der Waals surface area (Å²) in [5.74, 6) is 0. The predicted octanol–water partition coefficient (Wildman–Crippen LogP) is 2.76. The summed E-state index contributed by atoms with van der Waals surface area (Å²) in [7, 11) is 3.83. The monoisotopic (exact) mass is 248 g/mol. The van der Waals surface area contributed by atoms with E-state index < -0.39 is 0 Å². The van der Waals surface area contributed by atoms with Crippen molar-refractivity contribution >= 4 is 0 Å². The lowest BCUT2D eigenvalue weighted by molar-refractivity contribution is 0.145. The quantitative estimate of drug-likeness (QED) is 0.719. The summed E-state index contributed by atoms with van der Waals surface area (Å²) in [4.78, 5) is 4.33. The van der Waals surface area contributed by atoms with Crippen molar-refractivity contribution in [3.63, 3.8) is 0 Å². The first-order valence-electron chi connectivity index (χ1n) is 6.21. The Morgan fingerprint density at radius 2 is 2.17 bits per heavy atom. The molecule has 0 aromatic heterocycles. The lowest BCUT2D eigenvalue weighted by Gasteiger charge is -2.36. The van der Waals surface area contributed by atoms with Crippen molar-refractivity contribution in [2.24, 2.45) is 0 Å². The van der Waals surface area contributed by atoms with E-state index in [1.165, 1.54) is 11.3 Å². The highest BCUT2D eigenvalue weighted by atomic mass is 16.5. The van der Waals surface area contributed by atoms with Crippen LogP contribution < -0.4 is 0 Å². The Hall–Kier alpha value is -1.32. The molecular formula is C15H24N2O. The summed E-state index contributed by atoms with van der Waals surface area (Å²) in [6.07, 6.45) is 5.95. The van der Waals surface area contributed by atoms with E-state index in [0.717, 1.165) is 18.8 Å². The van der Waals surface area contributed by atoms with E-state index >= 15 is 0 Å². The van der Waals surface area contributed by atoms with E-state index in [1.54, 1.807) is 7.11 Å². The van der Waals surface area contributed by atoms with Gasteiger partial charge in [-0.3, -0.25) is 4.90 Å². The van der Waals surface area contributed by atoms with Gasteiger partial charge in [-0.1, -0.05) is 19.2 Å². The number of methoxy groups -OCH3 is 1. The molecule has 100 valence electrons. The van der Waals surface area contributed by atoms with Gasteiger partial charge in [0.05, 0.1) is 6.61 Å². The summed E-state index contributed by atoms with van der Waals surface area (Å²) in [5.41, 5.74) is 3.44. The smallest absolute Gasteiger partial charge is 0.0589 e.